The van der Waals surface area contributed by atoms with Gasteiger partial charge in [0, 0.05) is 6.54 Å². The lowest BCUT2D eigenvalue weighted by Gasteiger charge is -2.10. The van der Waals surface area contributed by atoms with Crippen molar-refractivity contribution < 1.29 is 0 Å². The number of rotatable bonds is 2. The van der Waals surface area contributed by atoms with E-state index in [1.165, 1.54) is 5.57 Å². The second-order valence-corrected chi connectivity index (χ2v) is 2.48. The highest BCUT2D eigenvalue weighted by molar-refractivity contribution is 5.26. The van der Waals surface area contributed by atoms with Crippen molar-refractivity contribution in [3.8, 4) is 0 Å². The number of allylic oxidation sites excluding steroid dienone is 3. The summed E-state index contributed by atoms with van der Waals surface area (Å²) in [4.78, 5) is 0. The normalized spacial score (nSPS) is 24.1. The first kappa shape index (κ1) is 7.29. The van der Waals surface area contributed by atoms with Crippen LogP contribution in [0.1, 0.15) is 6.42 Å². The Hall–Kier alpha value is -0.820. The summed E-state index contributed by atoms with van der Waals surface area (Å²) < 4.78 is 0. The lowest BCUT2D eigenvalue weighted by Crippen LogP contribution is -2.05. The van der Waals surface area contributed by atoms with Crippen LogP contribution in [0.5, 0.6) is 0 Å². The zero-order valence-electron chi connectivity index (χ0n) is 6.09. The van der Waals surface area contributed by atoms with Crippen LogP contribution < -0.4 is 5.73 Å². The fourth-order valence-corrected chi connectivity index (χ4v) is 1.01. The van der Waals surface area contributed by atoms with Crippen molar-refractivity contribution >= 4 is 0 Å². The van der Waals surface area contributed by atoms with E-state index in [1.54, 1.807) is 0 Å². The highest BCUT2D eigenvalue weighted by atomic mass is 14.5. The van der Waals surface area contributed by atoms with E-state index in [4.69, 9.17) is 5.73 Å². The summed E-state index contributed by atoms with van der Waals surface area (Å²) in [5.41, 5.74) is 6.68. The van der Waals surface area contributed by atoms with Gasteiger partial charge in [-0.1, -0.05) is 24.3 Å². The molecule has 2 N–H and O–H groups in total. The minimum atomic E-state index is 0.523. The third-order valence-corrected chi connectivity index (χ3v) is 1.75. The Morgan fingerprint density at radius 1 is 1.80 bits per heavy atom. The molecule has 0 spiro atoms. The number of nitrogens with two attached hydrogens (primary N) is 1. The second-order valence-electron chi connectivity index (χ2n) is 2.48. The van der Waals surface area contributed by atoms with E-state index in [2.05, 4.69) is 24.8 Å². The van der Waals surface area contributed by atoms with Crippen molar-refractivity contribution in [2.75, 3.05) is 6.54 Å². The average molecular weight is 135 g/mol. The molecule has 1 rings (SSSR count). The van der Waals surface area contributed by atoms with Gasteiger partial charge >= 0.3 is 0 Å². The lowest BCUT2D eigenvalue weighted by atomic mass is 9.97. The molecule has 0 aliphatic heterocycles. The van der Waals surface area contributed by atoms with Gasteiger partial charge in [-0.2, -0.15) is 0 Å². The van der Waals surface area contributed by atoms with Crippen molar-refractivity contribution in [3.63, 3.8) is 0 Å². The van der Waals surface area contributed by atoms with Gasteiger partial charge in [0.2, 0.25) is 0 Å². The van der Waals surface area contributed by atoms with Gasteiger partial charge in [0.05, 0.1) is 0 Å². The monoisotopic (exact) mass is 135 g/mol. The lowest BCUT2D eigenvalue weighted by molar-refractivity contribution is 0.812. The molecule has 0 bridgehead atoms. The van der Waals surface area contributed by atoms with E-state index >= 15 is 0 Å². The summed E-state index contributed by atoms with van der Waals surface area (Å²) in [5.74, 6) is 0.523. The molecule has 0 aromatic heterocycles. The Bertz CT molecular complexity index is 177. The summed E-state index contributed by atoms with van der Waals surface area (Å²) >= 11 is 0. The Kier molecular flexibility index (Phi) is 2.46. The molecule has 1 heteroatoms. The molecule has 1 aliphatic rings. The molecule has 0 aromatic rings. The largest absolute Gasteiger partial charge is 0.327 e. The first-order chi connectivity index (χ1) is 4.86. The molecular formula is C9H13N. The van der Waals surface area contributed by atoms with Crippen molar-refractivity contribution in [2.45, 2.75) is 6.42 Å². The second kappa shape index (κ2) is 3.37. The maximum absolute atomic E-state index is 5.44. The molecule has 0 aromatic carbocycles. The summed E-state index contributed by atoms with van der Waals surface area (Å²) in [6.45, 7) is 4.38. The van der Waals surface area contributed by atoms with Gasteiger partial charge in [0.15, 0.2) is 0 Å². The van der Waals surface area contributed by atoms with Crippen molar-refractivity contribution in [3.05, 3.63) is 36.5 Å². The summed E-state index contributed by atoms with van der Waals surface area (Å²) in [6.07, 6.45) is 9.42. The van der Waals surface area contributed by atoms with E-state index in [0.717, 1.165) is 6.42 Å². The van der Waals surface area contributed by atoms with Crippen molar-refractivity contribution in [1.29, 1.82) is 0 Å². The molecule has 0 fully saturated rings. The molecule has 0 amide bonds. The highest BCUT2D eigenvalue weighted by Crippen LogP contribution is 2.15. The van der Waals surface area contributed by atoms with Crippen molar-refractivity contribution in [1.82, 2.24) is 0 Å². The Morgan fingerprint density at radius 2 is 2.60 bits per heavy atom. The maximum Gasteiger partial charge on any atom is 0.0174 e. The van der Waals surface area contributed by atoms with Gasteiger partial charge in [-0.25, -0.2) is 0 Å². The molecule has 1 nitrogen and oxygen atoms in total. The minimum Gasteiger partial charge on any atom is -0.327 e. The predicted octanol–water partition coefficient (Wildman–Crippen LogP) is 1.63. The van der Waals surface area contributed by atoms with E-state index < -0.39 is 0 Å². The molecule has 0 heterocycles. The first-order valence-corrected chi connectivity index (χ1v) is 3.56. The van der Waals surface area contributed by atoms with Crippen LogP contribution in [-0.2, 0) is 0 Å². The van der Waals surface area contributed by atoms with E-state index in [-0.39, 0.29) is 0 Å². The smallest absolute Gasteiger partial charge is 0.0174 e. The van der Waals surface area contributed by atoms with Crippen LogP contribution in [0.3, 0.4) is 0 Å². The van der Waals surface area contributed by atoms with Gasteiger partial charge in [-0.3, -0.25) is 0 Å². The number of hydrogen-bond acceptors (Lipinski definition) is 1. The van der Waals surface area contributed by atoms with E-state index in [0.29, 0.717) is 12.5 Å². The zero-order chi connectivity index (χ0) is 7.40. The quantitative estimate of drug-likeness (QED) is 0.572. The van der Waals surface area contributed by atoms with Crippen LogP contribution in [0.25, 0.3) is 0 Å². The van der Waals surface area contributed by atoms with Crippen LogP contribution in [0.15, 0.2) is 36.5 Å². The predicted molar refractivity (Wildman–Crippen MR) is 44.6 cm³/mol. The van der Waals surface area contributed by atoms with Crippen LogP contribution in [-0.4, -0.2) is 6.54 Å². The fraction of sp³-hybridized carbons (Fsp3) is 0.333. The standard InChI is InChI=1S/C9H13N/c1-2-8-3-5-9(7-10)6-4-8/h2-3,5-6,8H,1,4,7,10H2. The number of hydrogen-bond donors (Lipinski definition) is 1. The Balaban J connectivity index is 2.54. The van der Waals surface area contributed by atoms with Crippen LogP contribution in [0.2, 0.25) is 0 Å². The molecular weight excluding hydrogens is 122 g/mol. The molecule has 0 radical (unpaired) electrons. The Morgan fingerprint density at radius 3 is 3.00 bits per heavy atom. The summed E-state index contributed by atoms with van der Waals surface area (Å²) in [7, 11) is 0. The van der Waals surface area contributed by atoms with Gasteiger partial charge in [-0.05, 0) is 17.9 Å². The van der Waals surface area contributed by atoms with Gasteiger partial charge in [0.25, 0.3) is 0 Å². The van der Waals surface area contributed by atoms with Crippen LogP contribution >= 0.6 is 0 Å². The molecule has 1 atom stereocenters. The molecule has 54 valence electrons. The molecule has 1 unspecified atom stereocenters. The van der Waals surface area contributed by atoms with Gasteiger partial charge in [-0.15, -0.1) is 6.58 Å². The van der Waals surface area contributed by atoms with Gasteiger partial charge < -0.3 is 5.73 Å². The molecule has 0 saturated heterocycles. The average Bonchev–Trinajstić information content (AvgIpc) is 2.05. The summed E-state index contributed by atoms with van der Waals surface area (Å²) in [6, 6.07) is 0. The van der Waals surface area contributed by atoms with Crippen LogP contribution in [0.4, 0.5) is 0 Å². The zero-order valence-corrected chi connectivity index (χ0v) is 6.09. The Labute approximate surface area is 61.9 Å². The third kappa shape index (κ3) is 1.58. The minimum absolute atomic E-state index is 0.523. The topological polar surface area (TPSA) is 26.0 Å². The summed E-state index contributed by atoms with van der Waals surface area (Å²) in [5, 5.41) is 0. The molecule has 0 saturated carbocycles. The van der Waals surface area contributed by atoms with E-state index in [9.17, 15) is 0 Å². The maximum atomic E-state index is 5.44. The van der Waals surface area contributed by atoms with Gasteiger partial charge in [0.1, 0.15) is 0 Å². The van der Waals surface area contributed by atoms with Crippen molar-refractivity contribution in [2.24, 2.45) is 11.7 Å². The van der Waals surface area contributed by atoms with E-state index in [1.807, 2.05) is 6.08 Å². The highest BCUT2D eigenvalue weighted by Gasteiger charge is 2.02. The molecule has 10 heavy (non-hydrogen) atoms. The third-order valence-electron chi connectivity index (χ3n) is 1.75. The van der Waals surface area contributed by atoms with Crippen LogP contribution in [0, 0.1) is 5.92 Å². The molecule has 1 aliphatic carbocycles. The fourth-order valence-electron chi connectivity index (χ4n) is 1.01. The SMILES string of the molecule is C=CC1C=CC(CN)=CC1. The first-order valence-electron chi connectivity index (χ1n) is 3.56.